The molecule has 16 heavy (non-hydrogen) atoms. The van der Waals surface area contributed by atoms with Gasteiger partial charge in [-0.3, -0.25) is 4.90 Å². The molecule has 2 heterocycles. The molecule has 2 aliphatic rings. The van der Waals surface area contributed by atoms with Crippen molar-refractivity contribution in [2.75, 3.05) is 13.2 Å². The van der Waals surface area contributed by atoms with Crippen LogP contribution in [-0.2, 0) is 4.74 Å². The number of hydrogen-bond donors (Lipinski definition) is 0. The lowest BCUT2D eigenvalue weighted by molar-refractivity contribution is -0.0221. The molecule has 3 heteroatoms. The molecule has 94 valence electrons. The molecule has 0 aliphatic carbocycles. The van der Waals surface area contributed by atoms with Crippen molar-refractivity contribution in [2.45, 2.75) is 69.5 Å². The first-order chi connectivity index (χ1) is 7.46. The summed E-state index contributed by atoms with van der Waals surface area (Å²) in [4.78, 5) is 2.63. The van der Waals surface area contributed by atoms with Crippen molar-refractivity contribution in [3.63, 3.8) is 0 Å². The van der Waals surface area contributed by atoms with Crippen LogP contribution in [0.4, 0.5) is 0 Å². The third-order valence-corrected chi connectivity index (χ3v) is 4.07. The van der Waals surface area contributed by atoms with Crippen molar-refractivity contribution in [3.05, 3.63) is 0 Å². The molecule has 0 N–H and O–H groups in total. The molecule has 2 nitrogen and oxygen atoms in total. The summed E-state index contributed by atoms with van der Waals surface area (Å²) in [6.07, 6.45) is 5.02. The van der Waals surface area contributed by atoms with Gasteiger partial charge in [-0.2, -0.15) is 0 Å². The number of hydrogen-bond acceptors (Lipinski definition) is 2. The van der Waals surface area contributed by atoms with Gasteiger partial charge in [-0.1, -0.05) is 0 Å². The zero-order valence-electron chi connectivity index (χ0n) is 10.7. The Labute approximate surface area is 104 Å². The van der Waals surface area contributed by atoms with E-state index in [-0.39, 0.29) is 5.60 Å². The topological polar surface area (TPSA) is 12.5 Å². The van der Waals surface area contributed by atoms with Gasteiger partial charge in [0.05, 0.1) is 12.2 Å². The minimum absolute atomic E-state index is 0.0101. The number of halogens is 1. The summed E-state index contributed by atoms with van der Waals surface area (Å²) in [7, 11) is 0. The molecule has 0 aromatic rings. The number of fused-ring (bicyclic) bond motifs is 2. The summed E-state index contributed by atoms with van der Waals surface area (Å²) >= 11 is 6.26. The normalized spacial score (nSPS) is 35.6. The van der Waals surface area contributed by atoms with Crippen LogP contribution in [0, 0.1) is 0 Å². The lowest BCUT2D eigenvalue weighted by atomic mass is 10.0. The van der Waals surface area contributed by atoms with Crippen LogP contribution in [0.5, 0.6) is 0 Å². The van der Waals surface area contributed by atoms with Gasteiger partial charge in [0, 0.05) is 24.0 Å². The zero-order valence-corrected chi connectivity index (χ0v) is 11.5. The average molecular weight is 246 g/mol. The van der Waals surface area contributed by atoms with Gasteiger partial charge in [0.25, 0.3) is 0 Å². The second-order valence-corrected chi connectivity index (χ2v) is 6.77. The summed E-state index contributed by atoms with van der Waals surface area (Å²) in [6.45, 7) is 8.28. The fraction of sp³-hybridized carbons (Fsp3) is 1.00. The molecule has 2 unspecified atom stereocenters. The smallest absolute Gasteiger partial charge is 0.0600 e. The Hall–Kier alpha value is 0.210. The molecule has 0 amide bonds. The zero-order chi connectivity index (χ0) is 11.8. The van der Waals surface area contributed by atoms with Crippen LogP contribution in [-0.4, -0.2) is 41.1 Å². The Morgan fingerprint density at radius 2 is 1.75 bits per heavy atom. The fourth-order valence-corrected chi connectivity index (χ4v) is 3.44. The summed E-state index contributed by atoms with van der Waals surface area (Å²) in [5.74, 6) is 0. The van der Waals surface area contributed by atoms with Crippen LogP contribution in [0.2, 0.25) is 0 Å². The maximum atomic E-state index is 6.26. The predicted octanol–water partition coefficient (Wildman–Crippen LogP) is 3.04. The second-order valence-electron chi connectivity index (χ2n) is 6.15. The molecule has 0 spiro atoms. The van der Waals surface area contributed by atoms with Gasteiger partial charge in [0.15, 0.2) is 0 Å². The van der Waals surface area contributed by atoms with Gasteiger partial charge in [-0.25, -0.2) is 0 Å². The lowest BCUT2D eigenvalue weighted by Gasteiger charge is -2.37. The van der Waals surface area contributed by atoms with E-state index >= 15 is 0 Å². The number of alkyl halides is 1. The highest BCUT2D eigenvalue weighted by atomic mass is 35.5. The van der Waals surface area contributed by atoms with Crippen LogP contribution < -0.4 is 0 Å². The molecule has 0 aromatic heterocycles. The SMILES string of the molecule is CC(C)(C)OCCN1C2CCC1CC(Cl)C2. The van der Waals surface area contributed by atoms with Crippen molar-refractivity contribution in [1.29, 1.82) is 0 Å². The molecule has 0 radical (unpaired) electrons. The third kappa shape index (κ3) is 3.12. The Kier molecular flexibility index (Phi) is 3.82. The van der Waals surface area contributed by atoms with Crippen LogP contribution >= 0.6 is 11.6 Å². The van der Waals surface area contributed by atoms with E-state index in [9.17, 15) is 0 Å². The largest absolute Gasteiger partial charge is 0.375 e. The molecule has 2 bridgehead atoms. The highest BCUT2D eigenvalue weighted by Gasteiger charge is 2.39. The van der Waals surface area contributed by atoms with Gasteiger partial charge in [-0.05, 0) is 46.5 Å². The van der Waals surface area contributed by atoms with Crippen molar-refractivity contribution in [2.24, 2.45) is 0 Å². The van der Waals surface area contributed by atoms with E-state index in [2.05, 4.69) is 25.7 Å². The van der Waals surface area contributed by atoms with E-state index in [4.69, 9.17) is 16.3 Å². The van der Waals surface area contributed by atoms with Gasteiger partial charge in [-0.15, -0.1) is 11.6 Å². The van der Waals surface area contributed by atoms with Gasteiger partial charge in [0.1, 0.15) is 0 Å². The van der Waals surface area contributed by atoms with E-state index in [0.717, 1.165) is 25.2 Å². The molecule has 2 fully saturated rings. The highest BCUT2D eigenvalue weighted by molar-refractivity contribution is 6.20. The molecular formula is C13H24ClNO. The number of nitrogens with zero attached hydrogens (tertiary/aromatic N) is 1. The van der Waals surface area contributed by atoms with Gasteiger partial charge in [0.2, 0.25) is 0 Å². The van der Waals surface area contributed by atoms with Crippen molar-refractivity contribution in [3.8, 4) is 0 Å². The molecule has 0 aromatic carbocycles. The first kappa shape index (κ1) is 12.7. The fourth-order valence-electron chi connectivity index (χ4n) is 3.03. The standard InChI is InChI=1S/C13H24ClNO/c1-13(2,3)16-7-6-15-11-4-5-12(15)9-10(14)8-11/h10-12H,4-9H2,1-3H3. The Morgan fingerprint density at radius 1 is 1.19 bits per heavy atom. The molecule has 0 saturated carbocycles. The first-order valence-corrected chi connectivity index (χ1v) is 6.93. The van der Waals surface area contributed by atoms with Crippen molar-refractivity contribution in [1.82, 2.24) is 4.90 Å². The maximum absolute atomic E-state index is 6.26. The van der Waals surface area contributed by atoms with Crippen molar-refractivity contribution >= 4 is 11.6 Å². The van der Waals surface area contributed by atoms with E-state index in [1.807, 2.05) is 0 Å². The Balaban J connectivity index is 1.79. The number of ether oxygens (including phenoxy) is 1. The highest BCUT2D eigenvalue weighted by Crippen LogP contribution is 2.37. The van der Waals surface area contributed by atoms with Gasteiger partial charge < -0.3 is 4.74 Å². The molecule has 2 saturated heterocycles. The minimum Gasteiger partial charge on any atom is -0.375 e. The average Bonchev–Trinajstić information content (AvgIpc) is 2.41. The van der Waals surface area contributed by atoms with E-state index < -0.39 is 0 Å². The van der Waals surface area contributed by atoms with Gasteiger partial charge >= 0.3 is 0 Å². The van der Waals surface area contributed by atoms with Crippen LogP contribution in [0.1, 0.15) is 46.5 Å². The summed E-state index contributed by atoms with van der Waals surface area (Å²) < 4.78 is 5.81. The maximum Gasteiger partial charge on any atom is 0.0600 e. The van der Waals surface area contributed by atoms with Crippen molar-refractivity contribution < 1.29 is 4.74 Å². The number of rotatable bonds is 3. The summed E-state index contributed by atoms with van der Waals surface area (Å²) in [6, 6.07) is 1.45. The molecule has 2 rings (SSSR count). The lowest BCUT2D eigenvalue weighted by Crippen LogP contribution is -2.45. The monoisotopic (exact) mass is 245 g/mol. The van der Waals surface area contributed by atoms with Crippen LogP contribution in [0.3, 0.4) is 0 Å². The quantitative estimate of drug-likeness (QED) is 0.709. The molecule has 2 atom stereocenters. The Bertz CT molecular complexity index is 225. The summed E-state index contributed by atoms with van der Waals surface area (Å²) in [5.41, 5.74) is -0.0101. The predicted molar refractivity (Wildman–Crippen MR) is 68.1 cm³/mol. The van der Waals surface area contributed by atoms with Crippen LogP contribution in [0.15, 0.2) is 0 Å². The minimum atomic E-state index is -0.0101. The Morgan fingerprint density at radius 3 is 2.25 bits per heavy atom. The molecule has 2 aliphatic heterocycles. The first-order valence-electron chi connectivity index (χ1n) is 6.49. The van der Waals surface area contributed by atoms with E-state index in [1.54, 1.807) is 0 Å². The van der Waals surface area contributed by atoms with E-state index in [0.29, 0.717) is 5.38 Å². The molecular weight excluding hydrogens is 222 g/mol. The second kappa shape index (κ2) is 4.83. The third-order valence-electron chi connectivity index (χ3n) is 3.71. The van der Waals surface area contributed by atoms with E-state index in [1.165, 1.54) is 25.7 Å². The van der Waals surface area contributed by atoms with Crippen LogP contribution in [0.25, 0.3) is 0 Å². The number of piperidine rings is 1. The summed E-state index contributed by atoms with van der Waals surface area (Å²) in [5, 5.41) is 0.414.